The van der Waals surface area contributed by atoms with Crippen LogP contribution in [-0.2, 0) is 10.8 Å². The van der Waals surface area contributed by atoms with Crippen molar-refractivity contribution in [1.82, 2.24) is 0 Å². The molecule has 0 bridgehead atoms. The Kier molecular flexibility index (Phi) is 5.41. The lowest BCUT2D eigenvalue weighted by Crippen LogP contribution is -2.19. The fourth-order valence-electron chi connectivity index (χ4n) is 2.62. The molecule has 3 heteroatoms. The molecule has 0 aromatic heterocycles. The average Bonchev–Trinajstić information content (AvgIpc) is 2.53. The van der Waals surface area contributed by atoms with Crippen LogP contribution in [0.3, 0.4) is 0 Å². The number of ether oxygens (including phenoxy) is 1. The first-order valence-corrected chi connectivity index (χ1v) is 8.88. The van der Waals surface area contributed by atoms with Crippen molar-refractivity contribution in [2.75, 3.05) is 0 Å². The zero-order valence-corrected chi connectivity index (χ0v) is 16.8. The third kappa shape index (κ3) is 4.60. The average molecular weight is 352 g/mol. The highest BCUT2D eigenvalue weighted by molar-refractivity contribution is 5.99. The van der Waals surface area contributed by atoms with Gasteiger partial charge in [0.2, 0.25) is 0 Å². The molecule has 0 unspecified atom stereocenters. The molecule has 0 radical (unpaired) electrons. The van der Waals surface area contributed by atoms with E-state index in [0.717, 1.165) is 11.1 Å². The molecule has 0 saturated heterocycles. The highest BCUT2D eigenvalue weighted by Gasteiger charge is 2.23. The maximum atomic E-state index is 12.8. The van der Waals surface area contributed by atoms with Crippen LogP contribution in [0.15, 0.2) is 42.5 Å². The van der Waals surface area contributed by atoms with E-state index in [1.54, 1.807) is 24.3 Å². The van der Waals surface area contributed by atoms with Crippen molar-refractivity contribution in [1.29, 1.82) is 0 Å². The van der Waals surface area contributed by atoms with E-state index in [-0.39, 0.29) is 16.6 Å². The number of benzene rings is 2. The van der Waals surface area contributed by atoms with Gasteiger partial charge in [0.05, 0.1) is 11.1 Å². The second-order valence-electron chi connectivity index (χ2n) is 8.74. The standard InChI is InChI=1S/C23H28O3/c1-15(24)19-10-8-9-11-20(19)26-21(25)16-12-17(22(2,3)4)14-18(13-16)23(5,6)7/h8-14H,1-7H3. The molecule has 2 aromatic rings. The molecule has 0 atom stereocenters. The van der Waals surface area contributed by atoms with Crippen LogP contribution in [0.4, 0.5) is 0 Å². The van der Waals surface area contributed by atoms with E-state index >= 15 is 0 Å². The van der Waals surface area contributed by atoms with Crippen LogP contribution in [-0.4, -0.2) is 11.8 Å². The van der Waals surface area contributed by atoms with Crippen molar-refractivity contribution in [3.05, 3.63) is 64.7 Å². The molecular formula is C23H28O3. The Labute approximate surface area is 156 Å². The monoisotopic (exact) mass is 352 g/mol. The quantitative estimate of drug-likeness (QED) is 0.404. The fraction of sp³-hybridized carbons (Fsp3) is 0.391. The number of hydrogen-bond acceptors (Lipinski definition) is 3. The molecule has 0 aliphatic rings. The van der Waals surface area contributed by atoms with Gasteiger partial charge in [-0.3, -0.25) is 4.79 Å². The summed E-state index contributed by atoms with van der Waals surface area (Å²) in [7, 11) is 0. The molecule has 26 heavy (non-hydrogen) atoms. The minimum absolute atomic E-state index is 0.0897. The van der Waals surface area contributed by atoms with Crippen LogP contribution in [0, 0.1) is 0 Å². The third-order valence-corrected chi connectivity index (χ3v) is 4.37. The number of carbonyl (C=O) groups excluding carboxylic acids is 2. The van der Waals surface area contributed by atoms with Crippen molar-refractivity contribution in [2.24, 2.45) is 0 Å². The molecule has 3 nitrogen and oxygen atoms in total. The van der Waals surface area contributed by atoms with Gasteiger partial charge < -0.3 is 4.74 Å². The van der Waals surface area contributed by atoms with E-state index < -0.39 is 5.97 Å². The van der Waals surface area contributed by atoms with Gasteiger partial charge in [-0.15, -0.1) is 0 Å². The summed E-state index contributed by atoms with van der Waals surface area (Å²) in [5.41, 5.74) is 2.89. The summed E-state index contributed by atoms with van der Waals surface area (Å²) in [6.07, 6.45) is 0. The molecule has 2 aromatic carbocycles. The minimum atomic E-state index is -0.449. The molecular weight excluding hydrogens is 324 g/mol. The Bertz CT molecular complexity index is 801. The summed E-state index contributed by atoms with van der Waals surface area (Å²) < 4.78 is 5.57. The van der Waals surface area contributed by atoms with Crippen molar-refractivity contribution in [3.63, 3.8) is 0 Å². The first-order valence-electron chi connectivity index (χ1n) is 8.88. The molecule has 0 amide bonds. The molecule has 0 saturated carbocycles. The molecule has 0 fully saturated rings. The van der Waals surface area contributed by atoms with Gasteiger partial charge in [0.15, 0.2) is 5.78 Å². The van der Waals surface area contributed by atoms with E-state index in [0.29, 0.717) is 16.9 Å². The van der Waals surface area contributed by atoms with Gasteiger partial charge >= 0.3 is 5.97 Å². The number of ketones is 1. The number of rotatable bonds is 3. The molecule has 0 N–H and O–H groups in total. The van der Waals surface area contributed by atoms with Crippen LogP contribution in [0.5, 0.6) is 5.75 Å². The van der Waals surface area contributed by atoms with Crippen molar-refractivity contribution in [2.45, 2.75) is 59.3 Å². The van der Waals surface area contributed by atoms with Crippen LogP contribution < -0.4 is 4.74 Å². The molecule has 0 aliphatic heterocycles. The van der Waals surface area contributed by atoms with Crippen LogP contribution in [0.1, 0.15) is 80.3 Å². The summed E-state index contributed by atoms with van der Waals surface area (Å²) in [6.45, 7) is 14.2. The van der Waals surface area contributed by atoms with Crippen molar-refractivity contribution < 1.29 is 14.3 Å². The highest BCUT2D eigenvalue weighted by atomic mass is 16.5. The summed E-state index contributed by atoms with van der Waals surface area (Å²) in [5, 5.41) is 0. The first-order chi connectivity index (χ1) is 11.9. The van der Waals surface area contributed by atoms with Crippen LogP contribution in [0.2, 0.25) is 0 Å². The van der Waals surface area contributed by atoms with Crippen molar-refractivity contribution in [3.8, 4) is 5.75 Å². The lowest BCUT2D eigenvalue weighted by atomic mass is 9.79. The Morgan fingerprint density at radius 1 is 0.808 bits per heavy atom. The smallest absolute Gasteiger partial charge is 0.343 e. The van der Waals surface area contributed by atoms with E-state index in [9.17, 15) is 9.59 Å². The van der Waals surface area contributed by atoms with Crippen LogP contribution in [0.25, 0.3) is 0 Å². The summed E-state index contributed by atoms with van der Waals surface area (Å²) in [6, 6.07) is 12.7. The normalized spacial score (nSPS) is 12.0. The number of carbonyl (C=O) groups is 2. The summed E-state index contributed by atoms with van der Waals surface area (Å²) in [5.74, 6) is -0.286. The molecule has 138 valence electrons. The van der Waals surface area contributed by atoms with E-state index in [1.165, 1.54) is 6.92 Å². The maximum Gasteiger partial charge on any atom is 0.343 e. The Morgan fingerprint density at radius 3 is 1.77 bits per heavy atom. The lowest BCUT2D eigenvalue weighted by Gasteiger charge is -2.26. The van der Waals surface area contributed by atoms with Gasteiger partial charge in [-0.2, -0.15) is 0 Å². The summed E-state index contributed by atoms with van der Waals surface area (Å²) in [4.78, 5) is 24.6. The summed E-state index contributed by atoms with van der Waals surface area (Å²) >= 11 is 0. The van der Waals surface area contributed by atoms with E-state index in [2.05, 4.69) is 47.6 Å². The Hall–Kier alpha value is -2.42. The van der Waals surface area contributed by atoms with Gasteiger partial charge in [-0.05, 0) is 53.1 Å². The SMILES string of the molecule is CC(=O)c1ccccc1OC(=O)c1cc(C(C)(C)C)cc(C(C)(C)C)c1. The topological polar surface area (TPSA) is 43.4 Å². The van der Waals surface area contributed by atoms with Crippen molar-refractivity contribution >= 4 is 11.8 Å². The first kappa shape index (κ1) is 19.9. The number of Topliss-reactive ketones (excluding diaryl/α,β-unsaturated/α-hetero) is 1. The highest BCUT2D eigenvalue weighted by Crippen LogP contribution is 2.31. The zero-order valence-electron chi connectivity index (χ0n) is 16.8. The van der Waals surface area contributed by atoms with Gasteiger partial charge in [-0.25, -0.2) is 4.79 Å². The minimum Gasteiger partial charge on any atom is -0.422 e. The predicted molar refractivity (Wildman–Crippen MR) is 105 cm³/mol. The van der Waals surface area contributed by atoms with Gasteiger partial charge in [0, 0.05) is 0 Å². The second kappa shape index (κ2) is 7.06. The van der Waals surface area contributed by atoms with E-state index in [4.69, 9.17) is 4.74 Å². The molecule has 2 rings (SSSR count). The number of para-hydroxylation sites is 1. The number of hydrogen-bond donors (Lipinski definition) is 0. The maximum absolute atomic E-state index is 12.8. The van der Waals surface area contributed by atoms with Gasteiger partial charge in [0.1, 0.15) is 5.75 Å². The zero-order chi connectivity index (χ0) is 19.7. The molecule has 0 spiro atoms. The Balaban J connectivity index is 2.48. The largest absolute Gasteiger partial charge is 0.422 e. The lowest BCUT2D eigenvalue weighted by molar-refractivity contribution is 0.0732. The molecule has 0 heterocycles. The number of esters is 1. The second-order valence-corrected chi connectivity index (χ2v) is 8.74. The van der Waals surface area contributed by atoms with E-state index in [1.807, 2.05) is 12.1 Å². The third-order valence-electron chi connectivity index (χ3n) is 4.37. The van der Waals surface area contributed by atoms with Crippen LogP contribution >= 0.6 is 0 Å². The van der Waals surface area contributed by atoms with Gasteiger partial charge in [-0.1, -0.05) is 59.7 Å². The fourth-order valence-corrected chi connectivity index (χ4v) is 2.62. The Morgan fingerprint density at radius 2 is 1.31 bits per heavy atom. The predicted octanol–water partition coefficient (Wildman–Crippen LogP) is 5.70. The molecule has 0 aliphatic carbocycles. The van der Waals surface area contributed by atoms with Gasteiger partial charge in [0.25, 0.3) is 0 Å².